The lowest BCUT2D eigenvalue weighted by Crippen LogP contribution is -2.36. The zero-order valence-corrected chi connectivity index (χ0v) is 18.9. The summed E-state index contributed by atoms with van der Waals surface area (Å²) in [6, 6.07) is 10.7. The molecule has 1 heterocycles. The molecule has 0 saturated carbocycles. The van der Waals surface area contributed by atoms with Gasteiger partial charge < -0.3 is 15.4 Å². The molecule has 4 nitrogen and oxygen atoms in total. The Balaban J connectivity index is 1.65. The van der Waals surface area contributed by atoms with Gasteiger partial charge in [0.1, 0.15) is 5.00 Å². The number of fused-ring (bicyclic) bond motifs is 1. The van der Waals surface area contributed by atoms with Crippen LogP contribution in [-0.4, -0.2) is 23.7 Å². The smallest absolute Gasteiger partial charge is 0.341 e. The third-order valence-corrected chi connectivity index (χ3v) is 6.64. The average molecular weight is 431 g/mol. The highest BCUT2D eigenvalue weighted by atomic mass is 32.1. The van der Waals surface area contributed by atoms with E-state index in [1.54, 1.807) is 11.3 Å². The van der Waals surface area contributed by atoms with Crippen molar-refractivity contribution in [3.8, 4) is 0 Å². The van der Waals surface area contributed by atoms with E-state index in [-0.39, 0.29) is 12.0 Å². The molecule has 0 amide bonds. The van der Waals surface area contributed by atoms with E-state index < -0.39 is 0 Å². The Morgan fingerprint density at radius 3 is 2.72 bits per heavy atom. The van der Waals surface area contributed by atoms with Gasteiger partial charge in [0.2, 0.25) is 0 Å². The first-order valence-corrected chi connectivity index (χ1v) is 11.7. The lowest BCUT2D eigenvalue weighted by molar-refractivity contribution is 0.0527. The standard InChI is InChI=1S/C23H30N2O2S2/c1-3-27-22(26)20-18-12-8-5-9-13-19(18)29-21(20)25-23(28)24-16(2)14-15-17-10-6-4-7-11-17/h4,6-7,10-11,16H,3,5,8-9,12-15H2,1-2H3,(H2,24,25,28). The molecule has 29 heavy (non-hydrogen) atoms. The molecule has 2 aromatic rings. The minimum Gasteiger partial charge on any atom is -0.462 e. The fraction of sp³-hybridized carbons (Fsp3) is 0.478. The van der Waals surface area contributed by atoms with Crippen LogP contribution in [0.15, 0.2) is 30.3 Å². The number of esters is 1. The van der Waals surface area contributed by atoms with Crippen molar-refractivity contribution >= 4 is 39.6 Å². The maximum Gasteiger partial charge on any atom is 0.341 e. The van der Waals surface area contributed by atoms with Crippen LogP contribution in [0.3, 0.4) is 0 Å². The third-order valence-electron chi connectivity index (χ3n) is 5.21. The van der Waals surface area contributed by atoms with E-state index in [1.807, 2.05) is 13.0 Å². The van der Waals surface area contributed by atoms with Crippen LogP contribution >= 0.6 is 23.6 Å². The van der Waals surface area contributed by atoms with Crippen molar-refractivity contribution in [1.29, 1.82) is 0 Å². The maximum absolute atomic E-state index is 12.7. The number of benzene rings is 1. The van der Waals surface area contributed by atoms with Gasteiger partial charge in [0.05, 0.1) is 12.2 Å². The fourth-order valence-corrected chi connectivity index (χ4v) is 5.36. The summed E-state index contributed by atoms with van der Waals surface area (Å²) in [4.78, 5) is 14.0. The molecule has 0 aliphatic heterocycles. The molecule has 0 saturated heterocycles. The molecular formula is C23H30N2O2S2. The molecule has 1 aliphatic carbocycles. The zero-order chi connectivity index (χ0) is 20.6. The van der Waals surface area contributed by atoms with Crippen molar-refractivity contribution in [1.82, 2.24) is 5.32 Å². The molecule has 1 atom stereocenters. The SMILES string of the molecule is CCOC(=O)c1c(NC(=S)NC(C)CCc2ccccc2)sc2c1CCCCC2. The number of anilines is 1. The second-order valence-corrected chi connectivity index (χ2v) is 9.03. The number of ether oxygens (including phenoxy) is 1. The highest BCUT2D eigenvalue weighted by molar-refractivity contribution is 7.80. The van der Waals surface area contributed by atoms with E-state index in [0.29, 0.717) is 17.3 Å². The quantitative estimate of drug-likeness (QED) is 0.345. The predicted molar refractivity (Wildman–Crippen MR) is 125 cm³/mol. The van der Waals surface area contributed by atoms with Crippen LogP contribution in [0.1, 0.15) is 65.9 Å². The molecule has 0 radical (unpaired) electrons. The van der Waals surface area contributed by atoms with Crippen LogP contribution in [0.5, 0.6) is 0 Å². The van der Waals surface area contributed by atoms with E-state index in [0.717, 1.165) is 42.7 Å². The van der Waals surface area contributed by atoms with Gasteiger partial charge in [-0.3, -0.25) is 0 Å². The minimum atomic E-state index is -0.241. The number of hydrogen-bond donors (Lipinski definition) is 2. The van der Waals surface area contributed by atoms with E-state index >= 15 is 0 Å². The number of carbonyl (C=O) groups excluding carboxylic acids is 1. The number of thiophene rings is 1. The molecule has 1 aromatic carbocycles. The molecule has 156 valence electrons. The fourth-order valence-electron chi connectivity index (χ4n) is 3.71. The van der Waals surface area contributed by atoms with Gasteiger partial charge in [0.25, 0.3) is 0 Å². The Labute approximate surface area is 183 Å². The summed E-state index contributed by atoms with van der Waals surface area (Å²) in [5.74, 6) is -0.241. The number of thiocarbonyl (C=S) groups is 1. The van der Waals surface area contributed by atoms with Crippen molar-refractivity contribution in [2.45, 2.75) is 64.8 Å². The number of hydrogen-bond acceptors (Lipinski definition) is 4. The lowest BCUT2D eigenvalue weighted by Gasteiger charge is -2.17. The number of nitrogens with one attached hydrogen (secondary N) is 2. The largest absolute Gasteiger partial charge is 0.462 e. The first kappa shape index (κ1) is 21.8. The molecule has 1 aromatic heterocycles. The summed E-state index contributed by atoms with van der Waals surface area (Å²) in [7, 11) is 0. The first-order chi connectivity index (χ1) is 14.1. The molecule has 3 rings (SSSR count). The Bertz CT molecular complexity index is 833. The van der Waals surface area contributed by atoms with Crippen LogP contribution in [0, 0.1) is 0 Å². The van der Waals surface area contributed by atoms with Crippen molar-refractivity contribution in [3.05, 3.63) is 51.9 Å². The van der Waals surface area contributed by atoms with Gasteiger partial charge in [-0.05, 0) is 75.7 Å². The van der Waals surface area contributed by atoms with Crippen LogP contribution < -0.4 is 10.6 Å². The van der Waals surface area contributed by atoms with Gasteiger partial charge in [-0.15, -0.1) is 11.3 Å². The van der Waals surface area contributed by atoms with Crippen molar-refractivity contribution in [2.24, 2.45) is 0 Å². The van der Waals surface area contributed by atoms with E-state index in [9.17, 15) is 4.79 Å². The number of carbonyl (C=O) groups is 1. The Hall–Kier alpha value is -1.92. The third kappa shape index (κ3) is 6.03. The Morgan fingerprint density at radius 1 is 1.21 bits per heavy atom. The summed E-state index contributed by atoms with van der Waals surface area (Å²) >= 11 is 7.21. The predicted octanol–water partition coefficient (Wildman–Crippen LogP) is 5.50. The minimum absolute atomic E-state index is 0.235. The summed E-state index contributed by atoms with van der Waals surface area (Å²) in [5, 5.41) is 8.04. The highest BCUT2D eigenvalue weighted by Gasteiger charge is 2.26. The van der Waals surface area contributed by atoms with E-state index in [4.69, 9.17) is 17.0 Å². The Kier molecular flexibility index (Phi) is 8.07. The second kappa shape index (κ2) is 10.7. The molecule has 1 aliphatic rings. The van der Waals surface area contributed by atoms with E-state index in [2.05, 4.69) is 41.8 Å². The van der Waals surface area contributed by atoms with Gasteiger partial charge in [0, 0.05) is 10.9 Å². The average Bonchev–Trinajstić information content (AvgIpc) is 2.87. The second-order valence-electron chi connectivity index (χ2n) is 7.51. The molecule has 0 bridgehead atoms. The van der Waals surface area contributed by atoms with E-state index in [1.165, 1.54) is 23.3 Å². The number of rotatable bonds is 7. The molecule has 6 heteroatoms. The first-order valence-electron chi connectivity index (χ1n) is 10.5. The summed E-state index contributed by atoms with van der Waals surface area (Å²) in [6.45, 7) is 4.35. The molecule has 0 fully saturated rings. The Morgan fingerprint density at radius 2 is 1.97 bits per heavy atom. The van der Waals surface area contributed by atoms with Crippen LogP contribution in [-0.2, 0) is 24.0 Å². The van der Waals surface area contributed by atoms with Crippen molar-refractivity contribution < 1.29 is 9.53 Å². The zero-order valence-electron chi connectivity index (χ0n) is 17.3. The highest BCUT2D eigenvalue weighted by Crippen LogP contribution is 2.38. The topological polar surface area (TPSA) is 50.4 Å². The molecule has 0 spiro atoms. The number of aryl methyl sites for hydroxylation is 2. The van der Waals surface area contributed by atoms with Gasteiger partial charge in [0.15, 0.2) is 5.11 Å². The van der Waals surface area contributed by atoms with Gasteiger partial charge in [-0.25, -0.2) is 4.79 Å². The van der Waals surface area contributed by atoms with Crippen molar-refractivity contribution in [3.63, 3.8) is 0 Å². The van der Waals surface area contributed by atoms with Gasteiger partial charge >= 0.3 is 5.97 Å². The normalized spacial score (nSPS) is 14.4. The summed E-state index contributed by atoms with van der Waals surface area (Å²) in [6.07, 6.45) is 7.46. The molecular weight excluding hydrogens is 400 g/mol. The van der Waals surface area contributed by atoms with Crippen molar-refractivity contribution in [2.75, 3.05) is 11.9 Å². The van der Waals surface area contributed by atoms with Gasteiger partial charge in [-0.2, -0.15) is 0 Å². The summed E-state index contributed by atoms with van der Waals surface area (Å²) < 4.78 is 5.35. The monoisotopic (exact) mass is 430 g/mol. The summed E-state index contributed by atoms with van der Waals surface area (Å²) in [5.41, 5.74) is 3.18. The van der Waals surface area contributed by atoms with Crippen LogP contribution in [0.2, 0.25) is 0 Å². The molecule has 2 N–H and O–H groups in total. The lowest BCUT2D eigenvalue weighted by atomic mass is 10.1. The van der Waals surface area contributed by atoms with Gasteiger partial charge in [-0.1, -0.05) is 36.8 Å². The molecule has 1 unspecified atom stereocenters. The van der Waals surface area contributed by atoms with Crippen LogP contribution in [0.4, 0.5) is 5.00 Å². The van der Waals surface area contributed by atoms with Crippen LogP contribution in [0.25, 0.3) is 0 Å². The maximum atomic E-state index is 12.7.